The Labute approximate surface area is 187 Å². The molecule has 1 saturated heterocycles. The highest BCUT2D eigenvalue weighted by molar-refractivity contribution is 5.98. The number of esters is 1. The minimum Gasteiger partial charge on any atom is -0.462 e. The van der Waals surface area contributed by atoms with E-state index in [1.165, 1.54) is 0 Å². The van der Waals surface area contributed by atoms with Crippen LogP contribution in [-0.2, 0) is 11.3 Å². The molecule has 0 spiro atoms. The molecule has 0 bridgehead atoms. The van der Waals surface area contributed by atoms with Crippen molar-refractivity contribution in [3.63, 3.8) is 0 Å². The van der Waals surface area contributed by atoms with Crippen LogP contribution in [0.1, 0.15) is 53.2 Å². The first-order valence-electron chi connectivity index (χ1n) is 11.3. The number of aromatic nitrogens is 2. The van der Waals surface area contributed by atoms with E-state index in [2.05, 4.69) is 4.90 Å². The van der Waals surface area contributed by atoms with Crippen LogP contribution in [0.4, 0.5) is 0 Å². The van der Waals surface area contributed by atoms with Crippen molar-refractivity contribution < 1.29 is 13.9 Å². The lowest BCUT2D eigenvalue weighted by Gasteiger charge is -2.30. The number of fused-ring (bicyclic) bond motifs is 2. The highest BCUT2D eigenvalue weighted by Gasteiger charge is 2.27. The molecule has 5 rings (SSSR count). The lowest BCUT2D eigenvalue weighted by atomic mass is 9.96. The minimum absolute atomic E-state index is 0.292. The van der Waals surface area contributed by atoms with Gasteiger partial charge in [0.05, 0.1) is 23.4 Å². The van der Waals surface area contributed by atoms with Crippen LogP contribution in [0.25, 0.3) is 22.0 Å². The molecule has 0 atom stereocenters. The fourth-order valence-corrected chi connectivity index (χ4v) is 4.64. The van der Waals surface area contributed by atoms with Gasteiger partial charge in [-0.25, -0.2) is 9.78 Å². The number of carbonyl (C=O) groups is 1. The molecule has 0 saturated carbocycles. The van der Waals surface area contributed by atoms with E-state index in [9.17, 15) is 4.79 Å². The lowest BCUT2D eigenvalue weighted by molar-refractivity contribution is 0.0522. The van der Waals surface area contributed by atoms with Crippen molar-refractivity contribution in [2.75, 3.05) is 19.7 Å². The summed E-state index contributed by atoms with van der Waals surface area (Å²) >= 11 is 0. The molecule has 1 fully saturated rings. The van der Waals surface area contributed by atoms with Gasteiger partial charge < -0.3 is 9.15 Å². The number of rotatable bonds is 5. The zero-order valence-corrected chi connectivity index (χ0v) is 18.5. The van der Waals surface area contributed by atoms with Crippen molar-refractivity contribution in [1.29, 1.82) is 0 Å². The molecule has 2 aromatic carbocycles. The molecule has 0 N–H and O–H groups in total. The molecule has 0 unspecified atom stereocenters. The van der Waals surface area contributed by atoms with Gasteiger partial charge in [-0.05, 0) is 63.5 Å². The normalized spacial score (nSPS) is 15.4. The van der Waals surface area contributed by atoms with Gasteiger partial charge in [0.15, 0.2) is 11.5 Å². The van der Waals surface area contributed by atoms with Gasteiger partial charge in [-0.1, -0.05) is 30.3 Å². The summed E-state index contributed by atoms with van der Waals surface area (Å²) in [4.78, 5) is 24.7. The SMILES string of the molecule is CCOC(=O)c1c(CN2CCC(c3nc4ccccc4o3)CC2)nc2ccccc2c1C. The number of benzene rings is 2. The number of aryl methyl sites for hydroxylation is 1. The summed E-state index contributed by atoms with van der Waals surface area (Å²) < 4.78 is 11.4. The standard InChI is InChI=1S/C26H27N3O3/c1-3-31-26(30)24-17(2)19-8-4-5-9-20(19)27-22(24)16-29-14-12-18(13-15-29)25-28-21-10-6-7-11-23(21)32-25/h4-11,18H,3,12-16H2,1-2H3. The third-order valence-corrected chi connectivity index (χ3v) is 6.33. The molecule has 3 heterocycles. The third-order valence-electron chi connectivity index (χ3n) is 6.33. The monoisotopic (exact) mass is 429 g/mol. The molecule has 0 aliphatic carbocycles. The average molecular weight is 430 g/mol. The van der Waals surface area contributed by atoms with Gasteiger partial charge in [-0.2, -0.15) is 0 Å². The third kappa shape index (κ3) is 3.86. The van der Waals surface area contributed by atoms with E-state index in [0.717, 1.165) is 65.1 Å². The second-order valence-corrected chi connectivity index (χ2v) is 8.37. The van der Waals surface area contributed by atoms with Crippen molar-refractivity contribution in [3.05, 3.63) is 71.2 Å². The van der Waals surface area contributed by atoms with Crippen LogP contribution in [0.15, 0.2) is 52.9 Å². The number of piperidine rings is 1. The predicted octanol–water partition coefficient (Wildman–Crippen LogP) is 5.24. The molecular formula is C26H27N3O3. The molecule has 1 aliphatic rings. The molecule has 6 heteroatoms. The summed E-state index contributed by atoms with van der Waals surface area (Å²) in [6.45, 7) is 6.59. The van der Waals surface area contributed by atoms with Gasteiger partial charge in [0.1, 0.15) is 5.52 Å². The fourth-order valence-electron chi connectivity index (χ4n) is 4.64. The fraction of sp³-hybridized carbons (Fsp3) is 0.346. The molecule has 0 amide bonds. The van der Waals surface area contributed by atoms with Crippen LogP contribution in [-0.4, -0.2) is 40.5 Å². The highest BCUT2D eigenvalue weighted by atomic mass is 16.5. The van der Waals surface area contributed by atoms with Crippen LogP contribution in [0.3, 0.4) is 0 Å². The molecular weight excluding hydrogens is 402 g/mol. The van der Waals surface area contributed by atoms with Crippen LogP contribution in [0.5, 0.6) is 0 Å². The van der Waals surface area contributed by atoms with E-state index in [1.807, 2.05) is 62.4 Å². The second kappa shape index (κ2) is 8.71. The van der Waals surface area contributed by atoms with E-state index in [1.54, 1.807) is 0 Å². The van der Waals surface area contributed by atoms with E-state index in [0.29, 0.717) is 24.6 Å². The smallest absolute Gasteiger partial charge is 0.340 e. The maximum Gasteiger partial charge on any atom is 0.340 e. The van der Waals surface area contributed by atoms with E-state index < -0.39 is 0 Å². The molecule has 4 aromatic rings. The van der Waals surface area contributed by atoms with E-state index in [4.69, 9.17) is 19.1 Å². The Bertz CT molecular complexity index is 1240. The molecule has 1 aliphatic heterocycles. The maximum atomic E-state index is 12.8. The first-order valence-corrected chi connectivity index (χ1v) is 11.3. The Morgan fingerprint density at radius 1 is 1.06 bits per heavy atom. The topological polar surface area (TPSA) is 68.5 Å². The summed E-state index contributed by atoms with van der Waals surface area (Å²) in [6, 6.07) is 15.9. The number of oxazole rings is 1. The van der Waals surface area contributed by atoms with Gasteiger partial charge in [0, 0.05) is 17.8 Å². The van der Waals surface area contributed by atoms with E-state index >= 15 is 0 Å². The van der Waals surface area contributed by atoms with Crippen LogP contribution >= 0.6 is 0 Å². The van der Waals surface area contributed by atoms with E-state index in [-0.39, 0.29) is 5.97 Å². The number of likely N-dealkylation sites (tertiary alicyclic amines) is 1. The van der Waals surface area contributed by atoms with Crippen molar-refractivity contribution in [1.82, 2.24) is 14.9 Å². The number of ether oxygens (including phenoxy) is 1. The Balaban J connectivity index is 1.36. The first-order chi connectivity index (χ1) is 15.6. The van der Waals surface area contributed by atoms with Gasteiger partial charge >= 0.3 is 5.97 Å². The van der Waals surface area contributed by atoms with Crippen molar-refractivity contribution >= 4 is 28.0 Å². The summed E-state index contributed by atoms with van der Waals surface area (Å²) in [5.74, 6) is 0.854. The zero-order valence-electron chi connectivity index (χ0n) is 18.5. The molecule has 0 radical (unpaired) electrons. The number of hydrogen-bond acceptors (Lipinski definition) is 6. The molecule has 2 aromatic heterocycles. The second-order valence-electron chi connectivity index (χ2n) is 8.37. The summed E-state index contributed by atoms with van der Waals surface area (Å²) in [5.41, 5.74) is 5.01. The van der Waals surface area contributed by atoms with Gasteiger partial charge in [-0.15, -0.1) is 0 Å². The van der Waals surface area contributed by atoms with Crippen LogP contribution < -0.4 is 0 Å². The average Bonchev–Trinajstić information content (AvgIpc) is 3.24. The number of para-hydroxylation sites is 3. The van der Waals surface area contributed by atoms with Crippen molar-refractivity contribution in [3.8, 4) is 0 Å². The first kappa shape index (κ1) is 20.6. The number of pyridine rings is 1. The Morgan fingerprint density at radius 3 is 2.53 bits per heavy atom. The predicted molar refractivity (Wildman–Crippen MR) is 124 cm³/mol. The Morgan fingerprint density at radius 2 is 1.78 bits per heavy atom. The number of hydrogen-bond donors (Lipinski definition) is 0. The van der Waals surface area contributed by atoms with Gasteiger partial charge in [-0.3, -0.25) is 9.88 Å². The quantitative estimate of drug-likeness (QED) is 0.404. The zero-order chi connectivity index (χ0) is 22.1. The number of nitrogens with zero attached hydrogens (tertiary/aromatic N) is 3. The lowest BCUT2D eigenvalue weighted by Crippen LogP contribution is -2.33. The summed E-state index contributed by atoms with van der Waals surface area (Å²) in [6.07, 6.45) is 1.93. The van der Waals surface area contributed by atoms with Gasteiger partial charge in [0.25, 0.3) is 0 Å². The largest absolute Gasteiger partial charge is 0.462 e. The molecule has 32 heavy (non-hydrogen) atoms. The van der Waals surface area contributed by atoms with Gasteiger partial charge in [0.2, 0.25) is 0 Å². The Hall–Kier alpha value is -3.25. The minimum atomic E-state index is -0.292. The number of carbonyl (C=O) groups excluding carboxylic acids is 1. The van der Waals surface area contributed by atoms with Crippen LogP contribution in [0, 0.1) is 6.92 Å². The summed E-state index contributed by atoms with van der Waals surface area (Å²) in [7, 11) is 0. The summed E-state index contributed by atoms with van der Waals surface area (Å²) in [5, 5.41) is 0.994. The van der Waals surface area contributed by atoms with Crippen molar-refractivity contribution in [2.45, 2.75) is 39.2 Å². The highest BCUT2D eigenvalue weighted by Crippen LogP contribution is 2.31. The van der Waals surface area contributed by atoms with Crippen molar-refractivity contribution in [2.24, 2.45) is 0 Å². The Kier molecular flexibility index (Phi) is 5.62. The maximum absolute atomic E-state index is 12.8. The van der Waals surface area contributed by atoms with Crippen LogP contribution in [0.2, 0.25) is 0 Å². The molecule has 6 nitrogen and oxygen atoms in total. The molecule has 164 valence electrons.